The lowest BCUT2D eigenvalue weighted by Crippen LogP contribution is -2.54. The van der Waals surface area contributed by atoms with Gasteiger partial charge >= 0.3 is 5.97 Å². The van der Waals surface area contributed by atoms with Crippen LogP contribution in [0.4, 0.5) is 0 Å². The van der Waals surface area contributed by atoms with Crippen molar-refractivity contribution in [2.24, 2.45) is 22.7 Å². The monoisotopic (exact) mass is 1100 g/mol. The Bertz CT molecular complexity index is 1210. The van der Waals surface area contributed by atoms with Crippen LogP contribution in [0, 0.1) is 22.7 Å². The summed E-state index contributed by atoms with van der Waals surface area (Å²) in [5.41, 5.74) is 1.28. The van der Waals surface area contributed by atoms with E-state index in [0.717, 1.165) is 14.4 Å². The van der Waals surface area contributed by atoms with Crippen molar-refractivity contribution < 1.29 is 23.4 Å². The molecule has 0 aromatic carbocycles. The molecule has 0 aromatic heterocycles. The lowest BCUT2D eigenvalue weighted by molar-refractivity contribution is -0.149. The lowest BCUT2D eigenvalue weighted by Gasteiger charge is -2.52. The first-order valence-corrected chi connectivity index (χ1v) is 55.1. The van der Waals surface area contributed by atoms with Gasteiger partial charge in [-0.05, 0) is 91.1 Å². The molecular weight excluding hydrogens is 1040 g/mol. The van der Waals surface area contributed by atoms with Gasteiger partial charge in [0.05, 0.1) is 27.3 Å². The van der Waals surface area contributed by atoms with Gasteiger partial charge in [0.25, 0.3) is 0 Å². The fraction of sp³-hybridized carbons (Fsp3) is 0.714. The van der Waals surface area contributed by atoms with Gasteiger partial charge in [-0.2, -0.15) is 0 Å². The molecule has 0 amide bonds. The Balaban J connectivity index is 2.25. The van der Waals surface area contributed by atoms with Crippen LogP contribution in [0.25, 0.3) is 0 Å². The minimum atomic E-state index is -0.835. The molecule has 1 aliphatic heterocycles. The van der Waals surface area contributed by atoms with Crippen LogP contribution in [-0.2, 0) is 23.4 Å². The topological polar surface area (TPSA) is 61.8 Å². The molecule has 2 bridgehead atoms. The number of hydrogen-bond acceptors (Lipinski definition) is 5. The summed E-state index contributed by atoms with van der Waals surface area (Å²) in [6.07, 6.45) is 3.62. The van der Waals surface area contributed by atoms with Crippen LogP contribution in [0.3, 0.4) is 0 Å². The number of hydrogen-bond donors (Lipinski definition) is 0. The second kappa shape index (κ2) is 23.2. The predicted molar refractivity (Wildman–Crippen MR) is 289 cm³/mol. The smallest absolute Gasteiger partial charge is 0.317 e. The van der Waals surface area contributed by atoms with Crippen LogP contribution in [0.2, 0.25) is 0 Å². The number of fused-ring (bicyclic) bond motifs is 3. The largest absolute Gasteiger partial charge is 0.461 e. The summed E-state index contributed by atoms with van der Waals surface area (Å²) in [7, 11) is 36.3. The number of carbonyl (C=O) groups excluding carboxylic acids is 2. The van der Waals surface area contributed by atoms with E-state index in [-0.39, 0.29) is 77.9 Å². The number of allylic oxidation sites excluding steroid dienone is 1. The van der Waals surface area contributed by atoms with Gasteiger partial charge < -0.3 is 13.8 Å². The summed E-state index contributed by atoms with van der Waals surface area (Å²) >= 11 is 0. The molecule has 49 heavy (non-hydrogen) atoms. The van der Waals surface area contributed by atoms with Crippen LogP contribution in [0.15, 0.2) is 23.8 Å². The molecule has 5 nitrogen and oxygen atoms in total. The van der Waals surface area contributed by atoms with Crippen molar-refractivity contribution >= 4 is 198 Å². The number of cyclic esters (lactones) is 1. The van der Waals surface area contributed by atoms with Crippen molar-refractivity contribution in [2.75, 3.05) is 0 Å². The summed E-state index contributed by atoms with van der Waals surface area (Å²) < 4.78 is 21.0. The van der Waals surface area contributed by atoms with Crippen LogP contribution >= 0.6 is 186 Å². The lowest BCUT2D eigenvalue weighted by atomic mass is 9.54. The number of rotatable bonds is 16. The zero-order chi connectivity index (χ0) is 37.3. The number of esters is 1. The normalized spacial score (nSPS) is 31.6. The second-order valence-electron chi connectivity index (χ2n) is 12.5. The predicted octanol–water partition coefficient (Wildman–Crippen LogP) is 16.6. The molecule has 3 rings (SSSR count). The van der Waals surface area contributed by atoms with Gasteiger partial charge in [-0.3, -0.25) is 9.59 Å². The second-order valence-corrected chi connectivity index (χ2v) is 95.3. The summed E-state index contributed by atoms with van der Waals surface area (Å²) in [5.74, 6) is -1.52. The van der Waals surface area contributed by atoms with E-state index in [9.17, 15) is 9.59 Å². The van der Waals surface area contributed by atoms with Gasteiger partial charge in [0.2, 0.25) is 0 Å². The molecule has 282 valence electrons. The van der Waals surface area contributed by atoms with Crippen LogP contribution in [0.1, 0.15) is 53.4 Å². The minimum absolute atomic E-state index is 0.0261. The highest BCUT2D eigenvalue weighted by molar-refractivity contribution is 9.25. The molecule has 3 aliphatic rings. The van der Waals surface area contributed by atoms with E-state index in [0.29, 0.717) is 19.3 Å². The van der Waals surface area contributed by atoms with Crippen LogP contribution in [-0.4, -0.2) is 30.1 Å². The van der Waals surface area contributed by atoms with Crippen molar-refractivity contribution in [1.82, 2.24) is 0 Å². The Hall–Kier alpha value is 8.43. The molecule has 0 radical (unpaired) electrons. The van der Waals surface area contributed by atoms with Crippen molar-refractivity contribution in [3.8, 4) is 0 Å². The van der Waals surface area contributed by atoms with E-state index >= 15 is 0 Å². The zero-order valence-electron chi connectivity index (χ0n) is 27.9. The maximum Gasteiger partial charge on any atom is 0.317 e. The standard InChI is InChI=1S/C21H53O5P23/c1-6-7-8-15-21(5)10-14(26-41(42(29)30)47(39-27)43(31)32)16-11(2)13(9-12(20(16,3)4)18(22)17(21)19(23)24-15)25-40(28)48(44(33)34)49(45(35)36)46(37)38/h6,12-15,17,39H,1,7-10,27-38H2,2-5H3/t12?,13-,14+,15-,17-,21+,40?,41?,47?,48?/m0/s1. The molecule has 23 atom stereocenters. The van der Waals surface area contributed by atoms with Crippen molar-refractivity contribution in [1.29, 1.82) is 0 Å². The van der Waals surface area contributed by atoms with Crippen LogP contribution in [0.5, 0.6) is 0 Å². The van der Waals surface area contributed by atoms with E-state index in [1.807, 2.05) is 6.08 Å². The van der Waals surface area contributed by atoms with Gasteiger partial charge in [-0.15, -0.1) is 105 Å². The van der Waals surface area contributed by atoms with Crippen molar-refractivity contribution in [3.05, 3.63) is 23.8 Å². The first-order chi connectivity index (χ1) is 22.7. The Labute approximate surface area is 336 Å². The summed E-state index contributed by atoms with van der Waals surface area (Å²) in [6, 6.07) is 0. The summed E-state index contributed by atoms with van der Waals surface area (Å²) in [4.78, 5) is 28.8. The third kappa shape index (κ3) is 12.5. The van der Waals surface area contributed by atoms with E-state index in [4.69, 9.17) is 13.8 Å². The number of ketones is 1. The first-order valence-electron chi connectivity index (χ1n) is 14.7. The van der Waals surface area contributed by atoms with Gasteiger partial charge in [0.15, 0.2) is 5.78 Å². The molecule has 2 fully saturated rings. The molecule has 0 spiro atoms. The van der Waals surface area contributed by atoms with Gasteiger partial charge in [0, 0.05) is 25.3 Å². The maximum atomic E-state index is 14.9. The van der Waals surface area contributed by atoms with Crippen molar-refractivity contribution in [3.63, 3.8) is 0 Å². The molecule has 18 unspecified atom stereocenters. The molecule has 1 saturated heterocycles. The molecule has 0 N–H and O–H groups in total. The Morgan fingerprint density at radius 1 is 0.878 bits per heavy atom. The first kappa shape index (κ1) is 51.8. The Morgan fingerprint density at radius 2 is 1.45 bits per heavy atom. The number of carbonyl (C=O) groups is 2. The average Bonchev–Trinajstić information content (AvgIpc) is 3.21. The van der Waals surface area contributed by atoms with Crippen molar-refractivity contribution in [2.45, 2.75) is 71.7 Å². The van der Waals surface area contributed by atoms with E-state index < -0.39 is 45.8 Å². The quantitative estimate of drug-likeness (QED) is 0.0667. The van der Waals surface area contributed by atoms with E-state index in [2.05, 4.69) is 141 Å². The molecular formula is C21H53O5P23. The zero-order valence-corrected chi connectivity index (χ0v) is 51.7. The Kier molecular flexibility index (Phi) is 24.5. The fourth-order valence-corrected chi connectivity index (χ4v) is 203. The number of ether oxygens (including phenoxy) is 1. The van der Waals surface area contributed by atoms with Gasteiger partial charge in [-0.25, -0.2) is 0 Å². The van der Waals surface area contributed by atoms with E-state index in [1.54, 1.807) is 0 Å². The third-order valence-electron chi connectivity index (χ3n) is 9.13. The highest BCUT2D eigenvalue weighted by Crippen LogP contribution is 3.21. The highest BCUT2D eigenvalue weighted by atomic mass is 33.3. The molecule has 2 aliphatic carbocycles. The van der Waals surface area contributed by atoms with E-state index in [1.165, 1.54) is 11.1 Å². The SMILES string of the molecule is C=CCC[C@@H]1OC(=O)[C@@H]2C(=O)C3C[C@H](OP(P)P(P(P)P)P(P(P)P)P(P)P)C(C)=C([C@H](OP(P(P)P)P(PP)P(P)P)C[C@@]21C)C3(C)C. The van der Waals surface area contributed by atoms with Gasteiger partial charge in [-0.1, -0.05) is 43.7 Å². The number of Topliss-reactive ketones (excluding diaryl/α,β-unsaturated/α-hetero) is 1. The van der Waals surface area contributed by atoms with Crippen LogP contribution < -0.4 is 0 Å². The average molecular weight is 1100 g/mol. The fourth-order valence-electron chi connectivity index (χ4n) is 7.02. The minimum Gasteiger partial charge on any atom is -0.461 e. The highest BCUT2D eigenvalue weighted by Gasteiger charge is 2.64. The third-order valence-corrected chi connectivity index (χ3v) is 130. The molecule has 28 heteroatoms. The summed E-state index contributed by atoms with van der Waals surface area (Å²) in [6.45, 7) is 9.98. The maximum absolute atomic E-state index is 14.9. The van der Waals surface area contributed by atoms with Gasteiger partial charge in [0.1, 0.15) is 12.0 Å². The molecule has 0 aromatic rings. The Morgan fingerprint density at radius 3 is 1.92 bits per heavy atom. The molecule has 1 saturated carbocycles. The summed E-state index contributed by atoms with van der Waals surface area (Å²) in [5, 5.41) is 0. The molecule has 1 heterocycles.